The van der Waals surface area contributed by atoms with E-state index in [1.165, 1.54) is 33.8 Å². The first kappa shape index (κ1) is 37.4. The Labute approximate surface area is 300 Å². The summed E-state index contributed by atoms with van der Waals surface area (Å²) in [5, 5.41) is 72.5. The normalized spacial score (nSPS) is 29.1. The van der Waals surface area contributed by atoms with Gasteiger partial charge in [0.2, 0.25) is 5.91 Å². The van der Waals surface area contributed by atoms with E-state index in [-0.39, 0.29) is 18.5 Å². The summed E-state index contributed by atoms with van der Waals surface area (Å²) < 4.78 is 33.6. The second-order valence-corrected chi connectivity index (χ2v) is 13.7. The Balaban J connectivity index is 1.26. The smallest absolute Gasteiger partial charge is 0.306 e. The maximum atomic E-state index is 14.0. The molecule has 52 heavy (non-hydrogen) atoms. The van der Waals surface area contributed by atoms with E-state index in [0.29, 0.717) is 11.3 Å². The zero-order chi connectivity index (χ0) is 37.1. The molecule has 4 aromatic rings. The number of carbonyl (C=O) groups excluding carboxylic acids is 2. The van der Waals surface area contributed by atoms with Gasteiger partial charge in [-0.15, -0.1) is 10.2 Å². The van der Waals surface area contributed by atoms with E-state index in [9.17, 15) is 39.5 Å². The monoisotopic (exact) mass is 743 g/mol. The van der Waals surface area contributed by atoms with Crippen molar-refractivity contribution in [2.45, 2.75) is 79.3 Å². The molecule has 1 amide bonds. The molecule has 17 nitrogen and oxygen atoms in total. The molecule has 6 rings (SSSR count). The molecule has 2 aliphatic rings. The van der Waals surface area contributed by atoms with Crippen LogP contribution in [0, 0.1) is 12.7 Å². The highest BCUT2D eigenvalue weighted by atomic mass is 32.2. The van der Waals surface area contributed by atoms with Gasteiger partial charge in [0, 0.05) is 17.5 Å². The Kier molecular flexibility index (Phi) is 11.6. The Morgan fingerprint density at radius 1 is 0.846 bits per heavy atom. The molecule has 2 aromatic carbocycles. The van der Waals surface area contributed by atoms with Crippen LogP contribution in [0.5, 0.6) is 0 Å². The third-order valence-electron chi connectivity index (χ3n) is 8.84. The number of hydrogen-bond acceptors (Lipinski definition) is 15. The van der Waals surface area contributed by atoms with E-state index in [1.54, 1.807) is 12.3 Å². The number of carbonyl (C=O) groups is 2. The van der Waals surface area contributed by atoms with Crippen LogP contribution in [-0.2, 0) is 23.8 Å². The minimum atomic E-state index is -1.57. The van der Waals surface area contributed by atoms with Gasteiger partial charge < -0.3 is 45.5 Å². The summed E-state index contributed by atoms with van der Waals surface area (Å²) in [4.78, 5) is 23.5. The molecule has 0 radical (unpaired) electrons. The van der Waals surface area contributed by atoms with Gasteiger partial charge in [0.05, 0.1) is 25.4 Å². The number of hydrogen-bond donors (Lipinski definition) is 6. The van der Waals surface area contributed by atoms with Crippen LogP contribution in [0.15, 0.2) is 60.9 Å². The predicted molar refractivity (Wildman–Crippen MR) is 179 cm³/mol. The van der Waals surface area contributed by atoms with Crippen molar-refractivity contribution in [2.24, 2.45) is 5.73 Å². The lowest BCUT2D eigenvalue weighted by Crippen LogP contribution is -2.58. The summed E-state index contributed by atoms with van der Waals surface area (Å²) in [6.07, 6.45) is -6.18. The highest BCUT2D eigenvalue weighted by Gasteiger charge is 2.52. The number of rotatable bonds is 12. The minimum Gasteiger partial charge on any atom is -0.463 e. The molecule has 10 unspecified atom stereocenters. The summed E-state index contributed by atoms with van der Waals surface area (Å²) in [6.45, 7) is 0.769. The second-order valence-electron chi connectivity index (χ2n) is 12.5. The van der Waals surface area contributed by atoms with Crippen molar-refractivity contribution in [3.05, 3.63) is 72.3 Å². The van der Waals surface area contributed by atoms with E-state index in [1.807, 2.05) is 31.2 Å². The molecule has 7 N–H and O–H groups in total. The standard InChI is InChI=1S/C33H38FN7O10S/c1-16-4-2-5-17(10-16)20-12-40(38-36-20)26-28(45)22(14-42)50-32(30(26)47)52-33-31(48)27(29(46)23(51-33)15-49-25(44)9-8-24(35)43)41-13-21(37-39-41)18-6-3-7-19(34)11-18/h2-7,10-13,22-23,26-33,42,45-48H,8-9,14-15H2,1H3,(H2,35,43). The number of halogens is 1. The molecule has 278 valence electrons. The van der Waals surface area contributed by atoms with Crippen LogP contribution >= 0.6 is 11.8 Å². The van der Waals surface area contributed by atoms with Crippen molar-refractivity contribution >= 4 is 23.6 Å². The molecule has 10 atom stereocenters. The van der Waals surface area contributed by atoms with Gasteiger partial charge in [-0.3, -0.25) is 9.59 Å². The maximum Gasteiger partial charge on any atom is 0.306 e. The molecular weight excluding hydrogens is 705 g/mol. The van der Waals surface area contributed by atoms with Gasteiger partial charge >= 0.3 is 5.97 Å². The van der Waals surface area contributed by atoms with Gasteiger partial charge in [-0.05, 0) is 25.1 Å². The van der Waals surface area contributed by atoms with Gasteiger partial charge in [0.15, 0.2) is 0 Å². The third kappa shape index (κ3) is 8.16. The van der Waals surface area contributed by atoms with Gasteiger partial charge in [0.1, 0.15) is 83.4 Å². The zero-order valence-corrected chi connectivity index (χ0v) is 28.5. The second kappa shape index (κ2) is 16.1. The van der Waals surface area contributed by atoms with Crippen molar-refractivity contribution in [2.75, 3.05) is 13.2 Å². The van der Waals surface area contributed by atoms with Crippen LogP contribution in [0.3, 0.4) is 0 Å². The number of ether oxygens (including phenoxy) is 3. The van der Waals surface area contributed by atoms with Crippen molar-refractivity contribution in [3.8, 4) is 22.5 Å². The molecule has 4 heterocycles. The highest BCUT2D eigenvalue weighted by Crippen LogP contribution is 2.42. The summed E-state index contributed by atoms with van der Waals surface area (Å²) in [5.74, 6) is -2.01. The SMILES string of the molecule is Cc1cccc(-c2cn(C3C(O)C(CO)OC(SC4OC(COC(=O)CCC(N)=O)C(O)C(n5cc(-c6cccc(F)c6)nn5)C4O)C3O)nn2)c1. The number of nitrogens with two attached hydrogens (primary N) is 1. The van der Waals surface area contributed by atoms with Crippen molar-refractivity contribution in [1.29, 1.82) is 0 Å². The van der Waals surface area contributed by atoms with Crippen LogP contribution in [0.4, 0.5) is 4.39 Å². The van der Waals surface area contributed by atoms with E-state index >= 15 is 0 Å². The number of aromatic nitrogens is 6. The third-order valence-corrected chi connectivity index (χ3v) is 10.2. The van der Waals surface area contributed by atoms with Crippen LogP contribution in [0.1, 0.15) is 30.5 Å². The Morgan fingerprint density at radius 2 is 1.40 bits per heavy atom. The van der Waals surface area contributed by atoms with Crippen molar-refractivity contribution in [1.82, 2.24) is 30.0 Å². The number of nitrogens with zero attached hydrogens (tertiary/aromatic N) is 6. The molecular formula is C33H38FN7O10S. The number of amides is 1. The van der Waals surface area contributed by atoms with E-state index in [2.05, 4.69) is 20.6 Å². The van der Waals surface area contributed by atoms with Crippen LogP contribution in [-0.4, -0.2) is 128 Å². The summed E-state index contributed by atoms with van der Waals surface area (Å²) >= 11 is 0.788. The Morgan fingerprint density at radius 3 is 1.96 bits per heavy atom. The van der Waals surface area contributed by atoms with Gasteiger partial charge in [-0.2, -0.15) is 0 Å². The molecule has 2 aromatic heterocycles. The largest absolute Gasteiger partial charge is 0.463 e. The van der Waals surface area contributed by atoms with Gasteiger partial charge in [0.25, 0.3) is 0 Å². The van der Waals surface area contributed by atoms with E-state index in [4.69, 9.17) is 19.9 Å². The van der Waals surface area contributed by atoms with Crippen molar-refractivity contribution in [3.63, 3.8) is 0 Å². The Bertz CT molecular complexity index is 1860. The fourth-order valence-electron chi connectivity index (χ4n) is 6.14. The van der Waals surface area contributed by atoms with E-state index in [0.717, 1.165) is 22.9 Å². The molecule has 0 saturated carbocycles. The fraction of sp³-hybridized carbons (Fsp3) is 0.455. The average molecular weight is 744 g/mol. The molecule has 0 bridgehead atoms. The highest BCUT2D eigenvalue weighted by molar-refractivity contribution is 8.00. The first-order valence-electron chi connectivity index (χ1n) is 16.3. The molecule has 2 saturated heterocycles. The van der Waals surface area contributed by atoms with Gasteiger partial charge in [-0.1, -0.05) is 58.1 Å². The lowest BCUT2D eigenvalue weighted by Gasteiger charge is -2.46. The summed E-state index contributed by atoms with van der Waals surface area (Å²) in [6, 6.07) is 10.6. The van der Waals surface area contributed by atoms with Crippen molar-refractivity contribution < 1.29 is 53.7 Å². The number of primary amides is 1. The average Bonchev–Trinajstić information content (AvgIpc) is 3.80. The fourth-order valence-corrected chi connectivity index (χ4v) is 7.46. The predicted octanol–water partition coefficient (Wildman–Crippen LogP) is -0.139. The quantitative estimate of drug-likeness (QED) is 0.103. The lowest BCUT2D eigenvalue weighted by molar-refractivity contribution is -0.193. The Hall–Kier alpha value is -4.34. The van der Waals surface area contributed by atoms with Crippen LogP contribution in [0.25, 0.3) is 22.5 Å². The number of benzene rings is 2. The molecule has 0 spiro atoms. The lowest BCUT2D eigenvalue weighted by atomic mass is 9.97. The summed E-state index contributed by atoms with van der Waals surface area (Å²) in [5.41, 5.74) is 5.39. The maximum absolute atomic E-state index is 14.0. The number of aliphatic hydroxyl groups is 5. The zero-order valence-electron chi connectivity index (χ0n) is 27.7. The van der Waals surface area contributed by atoms with E-state index < -0.39 is 90.5 Å². The molecule has 0 aliphatic carbocycles. The number of aliphatic hydroxyl groups excluding tert-OH is 5. The topological polar surface area (TPSA) is 250 Å². The number of thioether (sulfide) groups is 1. The number of aryl methyl sites for hydroxylation is 1. The summed E-state index contributed by atoms with van der Waals surface area (Å²) in [7, 11) is 0. The molecule has 19 heteroatoms. The first-order valence-corrected chi connectivity index (χ1v) is 17.3. The molecule has 2 aliphatic heterocycles. The minimum absolute atomic E-state index is 0.232. The number of esters is 1. The first-order chi connectivity index (χ1) is 24.9. The van der Waals surface area contributed by atoms with Crippen LogP contribution < -0.4 is 5.73 Å². The van der Waals surface area contributed by atoms with Gasteiger partial charge in [-0.25, -0.2) is 13.8 Å². The van der Waals surface area contributed by atoms with Crippen LogP contribution in [0.2, 0.25) is 0 Å². The molecule has 2 fully saturated rings.